The van der Waals surface area contributed by atoms with Crippen LogP contribution in [0.15, 0.2) is 12.8 Å². The summed E-state index contributed by atoms with van der Waals surface area (Å²) in [6, 6.07) is 0. The predicted molar refractivity (Wildman–Crippen MR) is 65.0 cm³/mol. The number of esters is 1. The van der Waals surface area contributed by atoms with Gasteiger partial charge in [0.05, 0.1) is 0 Å². The molecule has 0 aromatic rings. The summed E-state index contributed by atoms with van der Waals surface area (Å²) in [5, 5.41) is 0. The van der Waals surface area contributed by atoms with Crippen molar-refractivity contribution >= 4 is 5.97 Å². The Bertz CT molecular complexity index is 276. The number of ether oxygens (including phenoxy) is 1. The molecule has 0 amide bonds. The number of carbonyl (C=O) groups excluding carboxylic acids is 1. The van der Waals surface area contributed by atoms with E-state index < -0.39 is 0 Å². The number of carbonyl (C=O) groups is 1. The fourth-order valence-corrected chi connectivity index (χ4v) is 3.01. The maximum Gasteiger partial charge on any atom is 0.302 e. The van der Waals surface area contributed by atoms with E-state index in [0.717, 1.165) is 12.8 Å². The van der Waals surface area contributed by atoms with Crippen LogP contribution in [-0.4, -0.2) is 28.1 Å². The molecule has 3 heteroatoms. The fourth-order valence-electron chi connectivity index (χ4n) is 3.01. The number of piperidine rings is 1. The molecule has 1 fully saturated rings. The van der Waals surface area contributed by atoms with Gasteiger partial charge in [0.2, 0.25) is 0 Å². The molecule has 1 aliphatic heterocycles. The second-order valence-electron chi connectivity index (χ2n) is 5.82. The lowest BCUT2D eigenvalue weighted by Gasteiger charge is -2.54. The molecular formula is C13H23NO2. The largest absolute Gasteiger partial charge is 0.462 e. The van der Waals surface area contributed by atoms with Crippen molar-refractivity contribution in [3.63, 3.8) is 0 Å². The standard InChI is InChI=1S/C13H23NO2/c1-7-14-12(3,4)8-11(16-10(2)15)9-13(14,5)6/h7,11H,1,8-9H2,2-6H3. The Morgan fingerprint density at radius 3 is 2.06 bits per heavy atom. The summed E-state index contributed by atoms with van der Waals surface area (Å²) in [4.78, 5) is 13.3. The van der Waals surface area contributed by atoms with Gasteiger partial charge in [-0.25, -0.2) is 0 Å². The zero-order chi connectivity index (χ0) is 12.6. The van der Waals surface area contributed by atoms with Crippen LogP contribution in [0.2, 0.25) is 0 Å². The molecule has 0 atom stereocenters. The minimum Gasteiger partial charge on any atom is -0.462 e. The number of likely N-dealkylation sites (tertiary alicyclic amines) is 1. The average Bonchev–Trinajstić information content (AvgIpc) is 1.97. The van der Waals surface area contributed by atoms with Crippen LogP contribution >= 0.6 is 0 Å². The van der Waals surface area contributed by atoms with Crippen LogP contribution < -0.4 is 0 Å². The van der Waals surface area contributed by atoms with E-state index in [-0.39, 0.29) is 23.2 Å². The van der Waals surface area contributed by atoms with Gasteiger partial charge < -0.3 is 9.64 Å². The SMILES string of the molecule is C=CN1C(C)(C)CC(OC(C)=O)CC1(C)C. The molecule has 3 nitrogen and oxygen atoms in total. The molecule has 0 aliphatic carbocycles. The van der Waals surface area contributed by atoms with Crippen molar-refractivity contribution in [2.45, 2.75) is 64.6 Å². The van der Waals surface area contributed by atoms with E-state index in [9.17, 15) is 4.79 Å². The smallest absolute Gasteiger partial charge is 0.302 e. The molecule has 0 spiro atoms. The number of nitrogens with zero attached hydrogens (tertiary/aromatic N) is 1. The van der Waals surface area contributed by atoms with Gasteiger partial charge in [-0.15, -0.1) is 0 Å². The molecule has 1 heterocycles. The molecule has 0 radical (unpaired) electrons. The van der Waals surface area contributed by atoms with Crippen LogP contribution in [0.3, 0.4) is 0 Å². The van der Waals surface area contributed by atoms with Gasteiger partial charge in [0.15, 0.2) is 0 Å². The first kappa shape index (κ1) is 13.1. The van der Waals surface area contributed by atoms with Gasteiger partial charge in [-0.1, -0.05) is 6.58 Å². The van der Waals surface area contributed by atoms with E-state index in [1.54, 1.807) is 0 Å². The third-order valence-electron chi connectivity index (χ3n) is 3.27. The first-order valence-corrected chi connectivity index (χ1v) is 5.78. The van der Waals surface area contributed by atoms with Crippen molar-refractivity contribution in [2.24, 2.45) is 0 Å². The van der Waals surface area contributed by atoms with E-state index >= 15 is 0 Å². The molecule has 0 N–H and O–H groups in total. The Hall–Kier alpha value is -0.990. The van der Waals surface area contributed by atoms with Crippen LogP contribution in [0.25, 0.3) is 0 Å². The van der Waals surface area contributed by atoms with E-state index in [0.29, 0.717) is 0 Å². The van der Waals surface area contributed by atoms with Gasteiger partial charge >= 0.3 is 5.97 Å². The van der Waals surface area contributed by atoms with Crippen molar-refractivity contribution in [3.05, 3.63) is 12.8 Å². The Morgan fingerprint density at radius 1 is 1.31 bits per heavy atom. The van der Waals surface area contributed by atoms with Crippen LogP contribution in [-0.2, 0) is 9.53 Å². The summed E-state index contributed by atoms with van der Waals surface area (Å²) < 4.78 is 5.36. The second kappa shape index (κ2) is 4.11. The van der Waals surface area contributed by atoms with Gasteiger partial charge in [0.1, 0.15) is 6.10 Å². The first-order valence-electron chi connectivity index (χ1n) is 5.78. The summed E-state index contributed by atoms with van der Waals surface area (Å²) in [6.45, 7) is 14.0. The number of hydrogen-bond acceptors (Lipinski definition) is 3. The van der Waals surface area contributed by atoms with Gasteiger partial charge in [-0.3, -0.25) is 4.79 Å². The summed E-state index contributed by atoms with van der Waals surface area (Å²) in [7, 11) is 0. The average molecular weight is 225 g/mol. The van der Waals surface area contributed by atoms with Crippen LogP contribution in [0.1, 0.15) is 47.5 Å². The molecule has 0 saturated carbocycles. The molecule has 1 saturated heterocycles. The quantitative estimate of drug-likeness (QED) is 0.677. The van der Waals surface area contributed by atoms with Crippen molar-refractivity contribution in [2.75, 3.05) is 0 Å². The molecular weight excluding hydrogens is 202 g/mol. The minimum absolute atomic E-state index is 0.0127. The molecule has 0 bridgehead atoms. The zero-order valence-electron chi connectivity index (χ0n) is 11.0. The highest BCUT2D eigenvalue weighted by molar-refractivity contribution is 5.66. The lowest BCUT2D eigenvalue weighted by atomic mass is 9.78. The monoisotopic (exact) mass is 225 g/mol. The molecule has 0 aromatic heterocycles. The third kappa shape index (κ3) is 2.57. The van der Waals surface area contributed by atoms with Gasteiger partial charge in [-0.05, 0) is 33.9 Å². The Labute approximate surface area is 98.5 Å². The highest BCUT2D eigenvalue weighted by Gasteiger charge is 2.44. The predicted octanol–water partition coefficient (Wildman–Crippen LogP) is 2.71. The van der Waals surface area contributed by atoms with E-state index in [4.69, 9.17) is 4.74 Å². The van der Waals surface area contributed by atoms with E-state index in [2.05, 4.69) is 39.2 Å². The van der Waals surface area contributed by atoms with Crippen LogP contribution in [0.5, 0.6) is 0 Å². The van der Waals surface area contributed by atoms with E-state index in [1.807, 2.05) is 6.20 Å². The van der Waals surface area contributed by atoms with Gasteiger partial charge in [0, 0.05) is 30.8 Å². The second-order valence-corrected chi connectivity index (χ2v) is 5.82. The van der Waals surface area contributed by atoms with Gasteiger partial charge in [0.25, 0.3) is 0 Å². The maximum atomic E-state index is 11.0. The Morgan fingerprint density at radius 2 is 1.75 bits per heavy atom. The van der Waals surface area contributed by atoms with Crippen molar-refractivity contribution in [1.29, 1.82) is 0 Å². The molecule has 1 rings (SSSR count). The Balaban J connectivity index is 2.88. The van der Waals surface area contributed by atoms with Crippen molar-refractivity contribution in [1.82, 2.24) is 4.90 Å². The lowest BCUT2D eigenvalue weighted by Crippen LogP contribution is -2.59. The van der Waals surface area contributed by atoms with Crippen LogP contribution in [0.4, 0.5) is 0 Å². The highest BCUT2D eigenvalue weighted by atomic mass is 16.5. The highest BCUT2D eigenvalue weighted by Crippen LogP contribution is 2.39. The van der Waals surface area contributed by atoms with Crippen LogP contribution in [0, 0.1) is 0 Å². The topological polar surface area (TPSA) is 29.5 Å². The Kier molecular flexibility index (Phi) is 3.36. The molecule has 1 aliphatic rings. The minimum atomic E-state index is -0.191. The summed E-state index contributed by atoms with van der Waals surface area (Å²) in [5.41, 5.74) is -0.0484. The molecule has 16 heavy (non-hydrogen) atoms. The van der Waals surface area contributed by atoms with Crippen molar-refractivity contribution in [3.8, 4) is 0 Å². The van der Waals surface area contributed by atoms with E-state index in [1.165, 1.54) is 6.92 Å². The summed E-state index contributed by atoms with van der Waals surface area (Å²) in [6.07, 6.45) is 3.60. The normalized spacial score (nSPS) is 23.9. The molecule has 0 unspecified atom stereocenters. The van der Waals surface area contributed by atoms with Crippen molar-refractivity contribution < 1.29 is 9.53 Å². The lowest BCUT2D eigenvalue weighted by molar-refractivity contribution is -0.154. The summed E-state index contributed by atoms with van der Waals surface area (Å²) >= 11 is 0. The van der Waals surface area contributed by atoms with Gasteiger partial charge in [-0.2, -0.15) is 0 Å². The molecule has 92 valence electrons. The molecule has 0 aromatic carbocycles. The first-order chi connectivity index (χ1) is 7.19. The number of hydrogen-bond donors (Lipinski definition) is 0. The zero-order valence-corrected chi connectivity index (χ0v) is 11.0. The maximum absolute atomic E-state index is 11.0. The third-order valence-corrected chi connectivity index (χ3v) is 3.27. The number of rotatable bonds is 2. The summed E-state index contributed by atoms with van der Waals surface area (Å²) in [5.74, 6) is -0.191. The fraction of sp³-hybridized carbons (Fsp3) is 0.769.